The van der Waals surface area contributed by atoms with Gasteiger partial charge in [-0.2, -0.15) is 4.98 Å². The molecule has 4 aromatic rings. The molecule has 1 saturated heterocycles. The second kappa shape index (κ2) is 9.43. The third-order valence-electron chi connectivity index (χ3n) is 6.13. The fourth-order valence-electron chi connectivity index (χ4n) is 4.26. The van der Waals surface area contributed by atoms with Crippen LogP contribution in [0.3, 0.4) is 0 Å². The Labute approximate surface area is 206 Å². The second-order valence-electron chi connectivity index (χ2n) is 8.28. The van der Waals surface area contributed by atoms with Gasteiger partial charge in [0.25, 0.3) is 0 Å². The predicted molar refractivity (Wildman–Crippen MR) is 138 cm³/mol. The summed E-state index contributed by atoms with van der Waals surface area (Å²) in [7, 11) is 5.17. The molecule has 0 radical (unpaired) electrons. The Bertz CT molecular complexity index is 1370. The summed E-state index contributed by atoms with van der Waals surface area (Å²) >= 11 is 1.29. The van der Waals surface area contributed by atoms with Crippen molar-refractivity contribution in [2.75, 3.05) is 63.4 Å². The number of carbonyl (C=O) groups excluding carboxylic acids is 1. The molecule has 3 aromatic heterocycles. The number of rotatable bonds is 6. The van der Waals surface area contributed by atoms with Gasteiger partial charge in [-0.25, -0.2) is 9.78 Å². The van der Waals surface area contributed by atoms with Crippen molar-refractivity contribution in [3.05, 3.63) is 46.8 Å². The van der Waals surface area contributed by atoms with Gasteiger partial charge in [-0.15, -0.1) is 11.3 Å². The Morgan fingerprint density at radius 2 is 1.91 bits per heavy atom. The van der Waals surface area contributed by atoms with Gasteiger partial charge in [0.1, 0.15) is 16.1 Å². The van der Waals surface area contributed by atoms with E-state index in [1.165, 1.54) is 18.4 Å². The average Bonchev–Trinajstić information content (AvgIpc) is 3.50. The first-order valence-electron chi connectivity index (χ1n) is 11.2. The molecular formula is C24H27N7O3S. The Balaban J connectivity index is 1.57. The number of likely N-dealkylation sites (N-methyl/N-ethyl adjacent to an activating group) is 1. The minimum Gasteiger partial charge on any atom is -0.494 e. The molecule has 0 aliphatic carbocycles. The summed E-state index contributed by atoms with van der Waals surface area (Å²) in [5, 5.41) is 5.07. The molecule has 1 aromatic carbocycles. The number of thiophene rings is 1. The van der Waals surface area contributed by atoms with E-state index in [0.717, 1.165) is 43.3 Å². The molecule has 0 spiro atoms. The van der Waals surface area contributed by atoms with Gasteiger partial charge < -0.3 is 34.9 Å². The van der Waals surface area contributed by atoms with E-state index in [-0.39, 0.29) is 5.95 Å². The number of fused-ring (bicyclic) bond motifs is 1. The number of nitrogen functional groups attached to an aromatic ring is 1. The van der Waals surface area contributed by atoms with Crippen LogP contribution in [0.2, 0.25) is 0 Å². The summed E-state index contributed by atoms with van der Waals surface area (Å²) in [6.45, 7) is 3.98. The molecule has 11 heteroatoms. The Morgan fingerprint density at radius 3 is 2.66 bits per heavy atom. The number of piperazine rings is 1. The van der Waals surface area contributed by atoms with Crippen LogP contribution in [0.1, 0.15) is 9.67 Å². The molecular weight excluding hydrogens is 466 g/mol. The maximum atomic E-state index is 12.2. The van der Waals surface area contributed by atoms with E-state index >= 15 is 0 Å². The van der Waals surface area contributed by atoms with E-state index < -0.39 is 5.97 Å². The highest BCUT2D eigenvalue weighted by atomic mass is 32.1. The molecule has 1 aliphatic heterocycles. The lowest BCUT2D eigenvalue weighted by molar-refractivity contribution is 0.0607. The van der Waals surface area contributed by atoms with Crippen LogP contribution in [0.5, 0.6) is 5.75 Å². The molecule has 10 nitrogen and oxygen atoms in total. The van der Waals surface area contributed by atoms with Crippen molar-refractivity contribution in [3.8, 4) is 11.4 Å². The molecule has 0 atom stereocenters. The molecule has 35 heavy (non-hydrogen) atoms. The molecule has 182 valence electrons. The number of nitrogens with two attached hydrogens (primary N) is 1. The predicted octanol–water partition coefficient (Wildman–Crippen LogP) is 3.35. The summed E-state index contributed by atoms with van der Waals surface area (Å²) in [6, 6.07) is 9.89. The van der Waals surface area contributed by atoms with Crippen LogP contribution in [0, 0.1) is 0 Å². The number of methoxy groups -OCH3 is 2. The molecule has 0 amide bonds. The number of benzene rings is 1. The Morgan fingerprint density at radius 1 is 1.11 bits per heavy atom. The first kappa shape index (κ1) is 22.9. The molecule has 3 N–H and O–H groups in total. The zero-order valence-electron chi connectivity index (χ0n) is 19.8. The summed E-state index contributed by atoms with van der Waals surface area (Å²) in [6.07, 6.45) is 1.91. The van der Waals surface area contributed by atoms with E-state index in [1.807, 2.05) is 28.3 Å². The first-order valence-corrected chi connectivity index (χ1v) is 12.1. The maximum Gasteiger partial charge on any atom is 0.350 e. The molecule has 0 saturated carbocycles. The number of esters is 1. The van der Waals surface area contributed by atoms with Crippen LogP contribution in [0.15, 0.2) is 41.9 Å². The summed E-state index contributed by atoms with van der Waals surface area (Å²) in [4.78, 5) is 26.2. The third-order valence-corrected chi connectivity index (χ3v) is 7.03. The van der Waals surface area contributed by atoms with Crippen molar-refractivity contribution in [1.29, 1.82) is 0 Å². The van der Waals surface area contributed by atoms with Crippen molar-refractivity contribution in [1.82, 2.24) is 19.4 Å². The van der Waals surface area contributed by atoms with E-state index in [4.69, 9.17) is 15.2 Å². The fraction of sp³-hybridized carbons (Fsp3) is 0.292. The van der Waals surface area contributed by atoms with Crippen LogP contribution in [-0.4, -0.2) is 72.9 Å². The zero-order valence-corrected chi connectivity index (χ0v) is 20.6. The summed E-state index contributed by atoms with van der Waals surface area (Å²) in [5.41, 5.74) is 9.93. The molecule has 1 aliphatic rings. The van der Waals surface area contributed by atoms with Crippen molar-refractivity contribution < 1.29 is 14.3 Å². The fourth-order valence-corrected chi connectivity index (χ4v) is 5.03. The standard InChI is InChI=1S/C24H27N7O3S/c1-29-9-11-30(12-10-29)15-4-5-18(19(14-15)33-2)31-8-6-16-20(31)22(28-24(25)27-16)26-17-7-13-35-21(17)23(32)34-3/h4-8,13-14H,9-12H2,1-3H3,(H3,25,26,27,28). The van der Waals surface area contributed by atoms with E-state index in [2.05, 4.69) is 44.3 Å². The highest BCUT2D eigenvalue weighted by Crippen LogP contribution is 2.35. The quantitative estimate of drug-likeness (QED) is 0.391. The molecule has 0 bridgehead atoms. The first-order chi connectivity index (χ1) is 17.0. The van der Waals surface area contributed by atoms with Crippen LogP contribution < -0.4 is 20.7 Å². The highest BCUT2D eigenvalue weighted by Gasteiger charge is 2.20. The van der Waals surface area contributed by atoms with Crippen LogP contribution in [-0.2, 0) is 4.74 Å². The molecule has 1 fully saturated rings. The van der Waals surface area contributed by atoms with Gasteiger partial charge in [0.05, 0.1) is 31.1 Å². The monoisotopic (exact) mass is 493 g/mol. The van der Waals surface area contributed by atoms with Gasteiger partial charge in [-0.05, 0) is 36.7 Å². The van der Waals surface area contributed by atoms with Gasteiger partial charge in [-0.1, -0.05) is 0 Å². The van der Waals surface area contributed by atoms with Gasteiger partial charge in [0.2, 0.25) is 5.95 Å². The van der Waals surface area contributed by atoms with E-state index in [0.29, 0.717) is 27.4 Å². The van der Waals surface area contributed by atoms with Crippen LogP contribution >= 0.6 is 11.3 Å². The number of aromatic nitrogens is 3. The number of anilines is 4. The summed E-state index contributed by atoms with van der Waals surface area (Å²) < 4.78 is 12.7. The SMILES string of the molecule is COC(=O)c1sccc1Nc1nc(N)nc2ccn(-c3ccc(N4CCN(C)CC4)cc3OC)c12. The number of ether oxygens (including phenoxy) is 2. The number of nitrogens with zero attached hydrogens (tertiary/aromatic N) is 5. The van der Waals surface area contributed by atoms with Crippen molar-refractivity contribution in [2.45, 2.75) is 0 Å². The molecule has 0 unspecified atom stereocenters. The molecule has 4 heterocycles. The largest absolute Gasteiger partial charge is 0.494 e. The number of hydrogen-bond donors (Lipinski definition) is 2. The van der Waals surface area contributed by atoms with Crippen LogP contribution in [0.25, 0.3) is 16.7 Å². The lowest BCUT2D eigenvalue weighted by Gasteiger charge is -2.34. The smallest absolute Gasteiger partial charge is 0.350 e. The number of nitrogens with one attached hydrogen (secondary N) is 1. The lowest BCUT2D eigenvalue weighted by atomic mass is 10.2. The lowest BCUT2D eigenvalue weighted by Crippen LogP contribution is -2.44. The van der Waals surface area contributed by atoms with Gasteiger partial charge in [0.15, 0.2) is 5.82 Å². The zero-order chi connectivity index (χ0) is 24.5. The Kier molecular flexibility index (Phi) is 6.18. The highest BCUT2D eigenvalue weighted by molar-refractivity contribution is 7.12. The molecule has 5 rings (SSSR count). The van der Waals surface area contributed by atoms with Gasteiger partial charge in [-0.3, -0.25) is 0 Å². The van der Waals surface area contributed by atoms with Crippen LogP contribution in [0.4, 0.5) is 23.1 Å². The summed E-state index contributed by atoms with van der Waals surface area (Å²) in [5.74, 6) is 0.918. The van der Waals surface area contributed by atoms with E-state index in [1.54, 1.807) is 13.2 Å². The average molecular weight is 494 g/mol. The van der Waals surface area contributed by atoms with Gasteiger partial charge in [0, 0.05) is 44.1 Å². The maximum absolute atomic E-state index is 12.2. The Hall–Kier alpha value is -3.83. The normalized spacial score (nSPS) is 14.3. The van der Waals surface area contributed by atoms with Gasteiger partial charge >= 0.3 is 5.97 Å². The minimum atomic E-state index is -0.419. The van der Waals surface area contributed by atoms with E-state index in [9.17, 15) is 4.79 Å². The third kappa shape index (κ3) is 4.35. The van der Waals surface area contributed by atoms with Crippen molar-refractivity contribution >= 4 is 51.5 Å². The minimum absolute atomic E-state index is 0.130. The topological polar surface area (TPSA) is 111 Å². The van der Waals surface area contributed by atoms with Crippen molar-refractivity contribution in [2.24, 2.45) is 0 Å². The van der Waals surface area contributed by atoms with Crippen molar-refractivity contribution in [3.63, 3.8) is 0 Å². The number of hydrogen-bond acceptors (Lipinski definition) is 10. The second-order valence-corrected chi connectivity index (χ2v) is 9.19. The number of carbonyl (C=O) groups is 1.